The predicted octanol–water partition coefficient (Wildman–Crippen LogP) is 3.41. The van der Waals surface area contributed by atoms with Crippen molar-refractivity contribution in [2.45, 2.75) is 13.3 Å². The topological polar surface area (TPSA) is 47.0 Å². The maximum absolute atomic E-state index is 6.13. The smallest absolute Gasteiger partial charge is 0.161 e. The molecule has 0 unspecified atom stereocenters. The molecule has 0 spiro atoms. The number of benzene rings is 1. The molecule has 1 aromatic heterocycles. The largest absolute Gasteiger partial charge is 0.495 e. The van der Waals surface area contributed by atoms with Gasteiger partial charge in [0.15, 0.2) is 5.82 Å². The molecule has 0 radical (unpaired) electrons. The lowest BCUT2D eigenvalue weighted by Gasteiger charge is -2.08. The van der Waals surface area contributed by atoms with Crippen molar-refractivity contribution in [1.29, 1.82) is 0 Å². The number of ether oxygens (including phenoxy) is 1. The molecule has 19 heavy (non-hydrogen) atoms. The monoisotopic (exact) mass is 277 g/mol. The molecule has 2 aromatic rings. The zero-order valence-corrected chi connectivity index (χ0v) is 12.0. The van der Waals surface area contributed by atoms with Crippen LogP contribution in [-0.4, -0.2) is 24.1 Å². The standard InChI is InChI=1S/C14H16ClN3O/c1-4-10-8-13(16-2)18-14(17-10)9-5-6-12(19-3)11(15)7-9/h5-8H,4H2,1-3H3,(H,16,17,18). The molecule has 0 aliphatic heterocycles. The van der Waals surface area contributed by atoms with Crippen molar-refractivity contribution in [2.75, 3.05) is 19.5 Å². The number of aromatic nitrogens is 2. The molecular formula is C14H16ClN3O. The maximum atomic E-state index is 6.13. The quantitative estimate of drug-likeness (QED) is 0.930. The first kappa shape index (κ1) is 13.6. The Bertz CT molecular complexity index is 565. The summed E-state index contributed by atoms with van der Waals surface area (Å²) in [7, 11) is 3.43. The van der Waals surface area contributed by atoms with E-state index in [0.717, 1.165) is 23.5 Å². The highest BCUT2D eigenvalue weighted by Crippen LogP contribution is 2.29. The first-order valence-corrected chi connectivity index (χ1v) is 6.45. The molecule has 0 aliphatic rings. The summed E-state index contributed by atoms with van der Waals surface area (Å²) in [5.41, 5.74) is 1.86. The van der Waals surface area contributed by atoms with E-state index in [1.54, 1.807) is 7.11 Å². The van der Waals surface area contributed by atoms with Gasteiger partial charge in [0, 0.05) is 24.4 Å². The average Bonchev–Trinajstić information content (AvgIpc) is 2.46. The Balaban J connectivity index is 2.48. The first-order chi connectivity index (χ1) is 9.17. The zero-order chi connectivity index (χ0) is 13.8. The third kappa shape index (κ3) is 2.96. The molecule has 100 valence electrons. The van der Waals surface area contributed by atoms with Gasteiger partial charge in [0.05, 0.1) is 12.1 Å². The van der Waals surface area contributed by atoms with Crippen molar-refractivity contribution in [1.82, 2.24) is 9.97 Å². The Morgan fingerprint density at radius 1 is 1.26 bits per heavy atom. The minimum Gasteiger partial charge on any atom is -0.495 e. The molecular weight excluding hydrogens is 262 g/mol. The number of hydrogen-bond acceptors (Lipinski definition) is 4. The Kier molecular flexibility index (Phi) is 4.22. The van der Waals surface area contributed by atoms with Gasteiger partial charge in [-0.15, -0.1) is 0 Å². The van der Waals surface area contributed by atoms with Crippen molar-refractivity contribution < 1.29 is 4.74 Å². The summed E-state index contributed by atoms with van der Waals surface area (Å²) in [6, 6.07) is 7.47. The van der Waals surface area contributed by atoms with Crippen LogP contribution in [0.4, 0.5) is 5.82 Å². The number of rotatable bonds is 4. The normalized spacial score (nSPS) is 10.3. The van der Waals surface area contributed by atoms with Crippen molar-refractivity contribution in [2.24, 2.45) is 0 Å². The number of aryl methyl sites for hydroxylation is 1. The van der Waals surface area contributed by atoms with E-state index in [0.29, 0.717) is 16.6 Å². The molecule has 0 bridgehead atoms. The summed E-state index contributed by atoms with van der Waals surface area (Å²) < 4.78 is 5.14. The Hall–Kier alpha value is -1.81. The average molecular weight is 278 g/mol. The van der Waals surface area contributed by atoms with E-state index in [9.17, 15) is 0 Å². The Morgan fingerprint density at radius 3 is 2.63 bits per heavy atom. The van der Waals surface area contributed by atoms with Crippen LogP contribution in [0.3, 0.4) is 0 Å². The fourth-order valence-corrected chi connectivity index (χ4v) is 2.00. The van der Waals surface area contributed by atoms with Crippen molar-refractivity contribution >= 4 is 17.4 Å². The van der Waals surface area contributed by atoms with Gasteiger partial charge in [-0.3, -0.25) is 0 Å². The van der Waals surface area contributed by atoms with Crippen molar-refractivity contribution in [3.05, 3.63) is 35.0 Å². The van der Waals surface area contributed by atoms with E-state index in [1.165, 1.54) is 0 Å². The fraction of sp³-hybridized carbons (Fsp3) is 0.286. The molecule has 4 nitrogen and oxygen atoms in total. The number of halogens is 1. The van der Waals surface area contributed by atoms with E-state index < -0.39 is 0 Å². The van der Waals surface area contributed by atoms with Crippen LogP contribution in [0, 0.1) is 0 Å². The first-order valence-electron chi connectivity index (χ1n) is 6.07. The molecule has 2 rings (SSSR count). The summed E-state index contributed by atoms with van der Waals surface area (Å²) >= 11 is 6.13. The van der Waals surface area contributed by atoms with Gasteiger partial charge in [0.2, 0.25) is 0 Å². The molecule has 0 saturated heterocycles. The summed E-state index contributed by atoms with van der Waals surface area (Å²) in [4.78, 5) is 8.96. The molecule has 1 heterocycles. The summed E-state index contributed by atoms with van der Waals surface area (Å²) in [5.74, 6) is 2.10. The van der Waals surface area contributed by atoms with E-state index >= 15 is 0 Å². The molecule has 0 saturated carbocycles. The molecule has 5 heteroatoms. The zero-order valence-electron chi connectivity index (χ0n) is 11.2. The van der Waals surface area contributed by atoms with E-state index in [-0.39, 0.29) is 0 Å². The molecule has 0 amide bonds. The van der Waals surface area contributed by atoms with Gasteiger partial charge in [-0.25, -0.2) is 9.97 Å². The van der Waals surface area contributed by atoms with Gasteiger partial charge in [0.1, 0.15) is 11.6 Å². The summed E-state index contributed by atoms with van der Waals surface area (Å²) in [6.07, 6.45) is 0.855. The lowest BCUT2D eigenvalue weighted by atomic mass is 10.2. The van der Waals surface area contributed by atoms with Crippen LogP contribution in [-0.2, 0) is 6.42 Å². The summed E-state index contributed by atoms with van der Waals surface area (Å²) in [6.45, 7) is 2.06. The van der Waals surface area contributed by atoms with Gasteiger partial charge in [-0.05, 0) is 24.6 Å². The second kappa shape index (κ2) is 5.89. The minimum absolute atomic E-state index is 0.552. The van der Waals surface area contributed by atoms with Crippen LogP contribution in [0.25, 0.3) is 11.4 Å². The Morgan fingerprint density at radius 2 is 2.05 bits per heavy atom. The molecule has 1 aromatic carbocycles. The predicted molar refractivity (Wildman–Crippen MR) is 78.0 cm³/mol. The number of anilines is 1. The van der Waals surface area contributed by atoms with Gasteiger partial charge < -0.3 is 10.1 Å². The highest BCUT2D eigenvalue weighted by Gasteiger charge is 2.08. The maximum Gasteiger partial charge on any atom is 0.161 e. The lowest BCUT2D eigenvalue weighted by molar-refractivity contribution is 0.415. The van der Waals surface area contributed by atoms with Crippen molar-refractivity contribution in [3.63, 3.8) is 0 Å². The Labute approximate surface area is 117 Å². The highest BCUT2D eigenvalue weighted by atomic mass is 35.5. The number of nitrogens with zero attached hydrogens (tertiary/aromatic N) is 2. The SMILES string of the molecule is CCc1cc(NC)nc(-c2ccc(OC)c(Cl)c2)n1. The molecule has 0 aliphatic carbocycles. The number of nitrogens with one attached hydrogen (secondary N) is 1. The van der Waals surface area contributed by atoms with Crippen LogP contribution in [0.2, 0.25) is 5.02 Å². The molecule has 1 N–H and O–H groups in total. The molecule has 0 atom stereocenters. The van der Waals surface area contributed by atoms with Gasteiger partial charge in [0.25, 0.3) is 0 Å². The van der Waals surface area contributed by atoms with Crippen LogP contribution < -0.4 is 10.1 Å². The third-order valence-electron chi connectivity index (χ3n) is 2.81. The van der Waals surface area contributed by atoms with Crippen molar-refractivity contribution in [3.8, 4) is 17.1 Å². The molecule has 0 fully saturated rings. The van der Waals surface area contributed by atoms with Gasteiger partial charge >= 0.3 is 0 Å². The van der Waals surface area contributed by atoms with E-state index in [1.807, 2.05) is 31.3 Å². The second-order valence-corrected chi connectivity index (χ2v) is 4.43. The van der Waals surface area contributed by atoms with Crippen LogP contribution in [0.15, 0.2) is 24.3 Å². The summed E-state index contributed by atoms with van der Waals surface area (Å²) in [5, 5.41) is 3.59. The number of hydrogen-bond donors (Lipinski definition) is 1. The fourth-order valence-electron chi connectivity index (χ4n) is 1.74. The van der Waals surface area contributed by atoms with E-state index in [4.69, 9.17) is 16.3 Å². The van der Waals surface area contributed by atoms with Crippen LogP contribution in [0.1, 0.15) is 12.6 Å². The third-order valence-corrected chi connectivity index (χ3v) is 3.10. The van der Waals surface area contributed by atoms with Crippen LogP contribution >= 0.6 is 11.6 Å². The van der Waals surface area contributed by atoms with Crippen LogP contribution in [0.5, 0.6) is 5.75 Å². The highest BCUT2D eigenvalue weighted by molar-refractivity contribution is 6.32. The lowest BCUT2D eigenvalue weighted by Crippen LogP contribution is -2.00. The minimum atomic E-state index is 0.552. The van der Waals surface area contributed by atoms with Gasteiger partial charge in [-0.1, -0.05) is 18.5 Å². The van der Waals surface area contributed by atoms with E-state index in [2.05, 4.69) is 22.2 Å². The number of methoxy groups -OCH3 is 1. The van der Waals surface area contributed by atoms with Gasteiger partial charge in [-0.2, -0.15) is 0 Å². The second-order valence-electron chi connectivity index (χ2n) is 4.02.